The van der Waals surface area contributed by atoms with E-state index < -0.39 is 41.2 Å². The Balaban J connectivity index is 1.66. The molecular formula is C26H28F6N2O3. The Hall–Kier alpha value is -2.79. The number of hydrogen-bond donors (Lipinski definition) is 1. The average Bonchev–Trinajstić information content (AvgIpc) is 3.15. The second-order valence-electron chi connectivity index (χ2n) is 10.3. The number of nitrogens with one attached hydrogen (secondary N) is 1. The summed E-state index contributed by atoms with van der Waals surface area (Å²) >= 11 is 0. The number of halogens is 6. The zero-order valence-electron chi connectivity index (χ0n) is 20.6. The molecule has 2 heterocycles. The lowest BCUT2D eigenvalue weighted by Gasteiger charge is -2.28. The average molecular weight is 531 g/mol. The van der Waals surface area contributed by atoms with Crippen LogP contribution in [-0.2, 0) is 41.6 Å². The predicted octanol–water partition coefficient (Wildman–Crippen LogP) is 7.12. The van der Waals surface area contributed by atoms with Gasteiger partial charge in [-0.05, 0) is 86.2 Å². The number of hydrogen-bond acceptors (Lipinski definition) is 4. The standard InChI is InChI=1S/C26H28F6N2O3/c1-24(2,3)37-23(35)34-6-4-5-21(20-9-16-13-36-14-17(16)10-22(20)34)33-12-15-7-18(25(27,28)29)11-19(8-15)26(30,31)32/h7-11,21,33H,4-6,12-14H2,1-3H3/t21-/m0/s1. The van der Waals surface area contributed by atoms with Gasteiger partial charge >= 0.3 is 18.4 Å². The zero-order valence-corrected chi connectivity index (χ0v) is 20.6. The van der Waals surface area contributed by atoms with Crippen molar-refractivity contribution in [3.63, 3.8) is 0 Å². The highest BCUT2D eigenvalue weighted by molar-refractivity contribution is 5.89. The van der Waals surface area contributed by atoms with Crippen molar-refractivity contribution in [2.45, 2.75) is 77.4 Å². The van der Waals surface area contributed by atoms with Gasteiger partial charge in [0.1, 0.15) is 5.60 Å². The highest BCUT2D eigenvalue weighted by Crippen LogP contribution is 2.39. The van der Waals surface area contributed by atoms with Crippen LogP contribution in [0.3, 0.4) is 0 Å². The molecule has 1 N–H and O–H groups in total. The molecule has 2 aliphatic heterocycles. The molecular weight excluding hydrogens is 502 g/mol. The molecule has 1 atom stereocenters. The Kier molecular flexibility index (Phi) is 7.24. The summed E-state index contributed by atoms with van der Waals surface area (Å²) in [6.07, 6.45) is -9.31. The van der Waals surface area contributed by atoms with Crippen molar-refractivity contribution in [3.8, 4) is 0 Å². The van der Waals surface area contributed by atoms with E-state index in [0.717, 1.165) is 28.8 Å². The predicted molar refractivity (Wildman–Crippen MR) is 124 cm³/mol. The van der Waals surface area contributed by atoms with Crippen LogP contribution in [0, 0.1) is 0 Å². The molecule has 0 radical (unpaired) electrons. The fourth-order valence-electron chi connectivity index (χ4n) is 4.56. The largest absolute Gasteiger partial charge is 0.443 e. The fourth-order valence-corrected chi connectivity index (χ4v) is 4.56. The van der Waals surface area contributed by atoms with Gasteiger partial charge in [0, 0.05) is 19.1 Å². The molecule has 1 amide bonds. The molecule has 4 rings (SSSR count). The van der Waals surface area contributed by atoms with E-state index in [1.165, 1.54) is 4.90 Å². The molecule has 202 valence electrons. The smallest absolute Gasteiger partial charge is 0.416 e. The summed E-state index contributed by atoms with van der Waals surface area (Å²) < 4.78 is 90.9. The van der Waals surface area contributed by atoms with E-state index in [2.05, 4.69) is 5.32 Å². The summed E-state index contributed by atoms with van der Waals surface area (Å²) in [6, 6.07) is 4.90. The van der Waals surface area contributed by atoms with Crippen LogP contribution >= 0.6 is 0 Å². The normalized spacial score (nSPS) is 18.3. The van der Waals surface area contributed by atoms with Gasteiger partial charge in [0.15, 0.2) is 0 Å². The molecule has 5 nitrogen and oxygen atoms in total. The lowest BCUT2D eigenvalue weighted by atomic mass is 9.96. The number of carbonyl (C=O) groups excluding carboxylic acids is 1. The quantitative estimate of drug-likeness (QED) is 0.430. The van der Waals surface area contributed by atoms with E-state index >= 15 is 0 Å². The first-order chi connectivity index (χ1) is 17.1. The van der Waals surface area contributed by atoms with Crippen molar-refractivity contribution >= 4 is 11.8 Å². The topological polar surface area (TPSA) is 50.8 Å². The van der Waals surface area contributed by atoms with Crippen molar-refractivity contribution in [2.75, 3.05) is 11.4 Å². The molecule has 0 aromatic heterocycles. The van der Waals surface area contributed by atoms with Crippen LogP contribution in [0.2, 0.25) is 0 Å². The first-order valence-electron chi connectivity index (χ1n) is 11.9. The van der Waals surface area contributed by atoms with Gasteiger partial charge in [-0.1, -0.05) is 0 Å². The van der Waals surface area contributed by atoms with Crippen molar-refractivity contribution in [1.82, 2.24) is 5.32 Å². The summed E-state index contributed by atoms with van der Waals surface area (Å²) in [4.78, 5) is 14.6. The lowest BCUT2D eigenvalue weighted by molar-refractivity contribution is -0.143. The maximum Gasteiger partial charge on any atom is 0.416 e. The fraction of sp³-hybridized carbons (Fsp3) is 0.500. The van der Waals surface area contributed by atoms with Gasteiger partial charge in [0.2, 0.25) is 0 Å². The minimum atomic E-state index is -4.92. The van der Waals surface area contributed by atoms with Gasteiger partial charge in [-0.2, -0.15) is 26.3 Å². The third kappa shape index (κ3) is 6.38. The molecule has 0 bridgehead atoms. The number of alkyl halides is 6. The van der Waals surface area contributed by atoms with E-state index in [-0.39, 0.29) is 18.2 Å². The van der Waals surface area contributed by atoms with Crippen LogP contribution in [0.5, 0.6) is 0 Å². The maximum atomic E-state index is 13.3. The van der Waals surface area contributed by atoms with Crippen LogP contribution in [0.4, 0.5) is 36.8 Å². The summed E-state index contributed by atoms with van der Waals surface area (Å²) in [5.74, 6) is 0. The van der Waals surface area contributed by atoms with E-state index in [4.69, 9.17) is 9.47 Å². The minimum absolute atomic E-state index is 0.118. The maximum absolute atomic E-state index is 13.3. The number of rotatable bonds is 3. The number of anilines is 1. The van der Waals surface area contributed by atoms with E-state index in [9.17, 15) is 31.1 Å². The molecule has 11 heteroatoms. The number of carbonyl (C=O) groups is 1. The van der Waals surface area contributed by atoms with Gasteiger partial charge in [0.05, 0.1) is 30.0 Å². The Bertz CT molecular complexity index is 1140. The number of amides is 1. The molecule has 0 spiro atoms. The van der Waals surface area contributed by atoms with E-state index in [0.29, 0.717) is 38.3 Å². The Morgan fingerprint density at radius 3 is 2.14 bits per heavy atom. The third-order valence-electron chi connectivity index (χ3n) is 6.22. The molecule has 37 heavy (non-hydrogen) atoms. The summed E-state index contributed by atoms with van der Waals surface area (Å²) in [6.45, 7) is 6.16. The zero-order chi connectivity index (χ0) is 27.2. The van der Waals surface area contributed by atoms with Crippen LogP contribution in [0.1, 0.15) is 73.0 Å². The van der Waals surface area contributed by atoms with E-state index in [1.807, 2.05) is 12.1 Å². The monoisotopic (exact) mass is 530 g/mol. The van der Waals surface area contributed by atoms with Crippen molar-refractivity contribution in [2.24, 2.45) is 0 Å². The molecule has 0 aliphatic carbocycles. The first-order valence-corrected chi connectivity index (χ1v) is 11.9. The van der Waals surface area contributed by atoms with Gasteiger partial charge in [-0.3, -0.25) is 4.90 Å². The minimum Gasteiger partial charge on any atom is -0.443 e. The highest BCUT2D eigenvalue weighted by Gasteiger charge is 2.37. The van der Waals surface area contributed by atoms with Crippen molar-refractivity contribution in [3.05, 3.63) is 63.7 Å². The SMILES string of the molecule is CC(C)(C)OC(=O)N1CCC[C@H](NCc2cc(C(F)(F)F)cc(C(F)(F)F)c2)c2cc3c(cc21)COC3. The molecule has 2 aromatic rings. The Morgan fingerprint density at radius 1 is 0.973 bits per heavy atom. The number of nitrogens with zero attached hydrogens (tertiary/aromatic N) is 1. The van der Waals surface area contributed by atoms with E-state index in [1.54, 1.807) is 20.8 Å². The van der Waals surface area contributed by atoms with Crippen LogP contribution in [-0.4, -0.2) is 18.2 Å². The second kappa shape index (κ2) is 9.83. The van der Waals surface area contributed by atoms with Gasteiger partial charge in [-0.25, -0.2) is 4.79 Å². The van der Waals surface area contributed by atoms with Crippen LogP contribution < -0.4 is 10.2 Å². The number of ether oxygens (including phenoxy) is 2. The molecule has 0 saturated carbocycles. The highest BCUT2D eigenvalue weighted by atomic mass is 19.4. The Labute approximate surface area is 210 Å². The molecule has 2 aromatic carbocycles. The number of benzene rings is 2. The van der Waals surface area contributed by atoms with Gasteiger partial charge in [0.25, 0.3) is 0 Å². The molecule has 2 aliphatic rings. The van der Waals surface area contributed by atoms with Gasteiger partial charge in [-0.15, -0.1) is 0 Å². The third-order valence-corrected chi connectivity index (χ3v) is 6.22. The Morgan fingerprint density at radius 2 is 1.57 bits per heavy atom. The number of fused-ring (bicyclic) bond motifs is 2. The molecule has 0 saturated heterocycles. The second-order valence-corrected chi connectivity index (χ2v) is 10.3. The summed E-state index contributed by atoms with van der Waals surface area (Å²) in [5, 5.41) is 3.14. The summed E-state index contributed by atoms with van der Waals surface area (Å²) in [5.41, 5.74) is -0.417. The first kappa shape index (κ1) is 27.3. The van der Waals surface area contributed by atoms with Crippen LogP contribution in [0.15, 0.2) is 30.3 Å². The molecule has 0 fully saturated rings. The summed E-state index contributed by atoms with van der Waals surface area (Å²) in [7, 11) is 0. The lowest BCUT2D eigenvalue weighted by Crippen LogP contribution is -2.37. The van der Waals surface area contributed by atoms with Gasteiger partial charge < -0.3 is 14.8 Å². The van der Waals surface area contributed by atoms with Crippen molar-refractivity contribution in [1.29, 1.82) is 0 Å². The van der Waals surface area contributed by atoms with Crippen LogP contribution in [0.25, 0.3) is 0 Å². The molecule has 0 unspecified atom stereocenters. The van der Waals surface area contributed by atoms with Crippen molar-refractivity contribution < 1.29 is 40.6 Å².